The molecule has 1 atom stereocenters. The molecule has 8 heteroatoms. The Morgan fingerprint density at radius 2 is 1.86 bits per heavy atom. The molecule has 0 aliphatic rings. The second kappa shape index (κ2) is 6.64. The molecule has 0 bridgehead atoms. The molecule has 0 radical (unpaired) electrons. The molecule has 1 heterocycles. The van der Waals surface area contributed by atoms with Gasteiger partial charge in [0.25, 0.3) is 15.0 Å². The van der Waals surface area contributed by atoms with E-state index in [2.05, 4.69) is 27.9 Å². The summed E-state index contributed by atoms with van der Waals surface area (Å²) < 4.78 is 23.6. The first-order valence-corrected chi connectivity index (χ1v) is 10.1. The molecule has 4 nitrogen and oxygen atoms in total. The number of hydrogen-bond acceptors (Lipinski definition) is 4. The summed E-state index contributed by atoms with van der Waals surface area (Å²) in [5.74, 6) is -0.206. The fourth-order valence-corrected chi connectivity index (χ4v) is 4.11. The monoisotopic (exact) mass is 455 g/mol. The second-order valence-corrected chi connectivity index (χ2v) is 9.45. The van der Waals surface area contributed by atoms with Gasteiger partial charge in [-0.25, -0.2) is 8.42 Å². The molecule has 112 valence electrons. The molecule has 0 saturated carbocycles. The molecule has 0 spiro atoms. The Labute approximate surface area is 145 Å². The van der Waals surface area contributed by atoms with Gasteiger partial charge in [0.15, 0.2) is 0 Å². The largest absolute Gasteiger partial charge is 0.345 e. The third kappa shape index (κ3) is 4.41. The standard InChI is InChI=1S/C13H11ClINO3S2/c1-8(11-6-7-12(20-11)21(14,18)19)16-13(17)9-2-4-10(15)5-3-9/h2-8H,1H3,(H,16,17). The summed E-state index contributed by atoms with van der Waals surface area (Å²) in [4.78, 5) is 12.8. The Kier molecular flexibility index (Phi) is 5.29. The highest BCUT2D eigenvalue weighted by Crippen LogP contribution is 2.28. The number of thiophene rings is 1. The van der Waals surface area contributed by atoms with Crippen LogP contribution in [0.1, 0.15) is 28.2 Å². The van der Waals surface area contributed by atoms with E-state index in [0.29, 0.717) is 5.56 Å². The van der Waals surface area contributed by atoms with Gasteiger partial charge in [0, 0.05) is 24.7 Å². The summed E-state index contributed by atoms with van der Waals surface area (Å²) in [7, 11) is 1.56. The summed E-state index contributed by atoms with van der Waals surface area (Å²) in [6.07, 6.45) is 0. The molecule has 1 aromatic heterocycles. The average Bonchev–Trinajstić information content (AvgIpc) is 2.88. The number of nitrogens with one attached hydrogen (secondary N) is 1. The van der Waals surface area contributed by atoms with E-state index in [0.717, 1.165) is 19.8 Å². The number of hydrogen-bond donors (Lipinski definition) is 1. The molecule has 1 unspecified atom stereocenters. The number of halogens is 2. The van der Waals surface area contributed by atoms with E-state index in [1.165, 1.54) is 6.07 Å². The zero-order chi connectivity index (χ0) is 15.6. The highest BCUT2D eigenvalue weighted by Gasteiger charge is 2.17. The summed E-state index contributed by atoms with van der Waals surface area (Å²) in [6, 6.07) is 9.98. The molecular formula is C13H11ClINO3S2. The van der Waals surface area contributed by atoms with Crippen molar-refractivity contribution in [3.8, 4) is 0 Å². The minimum Gasteiger partial charge on any atom is -0.345 e. The molecule has 0 aliphatic heterocycles. The van der Waals surface area contributed by atoms with Gasteiger partial charge in [-0.2, -0.15) is 0 Å². The van der Waals surface area contributed by atoms with Gasteiger partial charge in [-0.05, 0) is 65.9 Å². The predicted molar refractivity (Wildman–Crippen MR) is 92.4 cm³/mol. The number of rotatable bonds is 4. The normalized spacial score (nSPS) is 12.9. The molecule has 0 fully saturated rings. The predicted octanol–water partition coefficient (Wildman–Crippen LogP) is 3.77. The van der Waals surface area contributed by atoms with Crippen molar-refractivity contribution in [2.45, 2.75) is 17.2 Å². The van der Waals surface area contributed by atoms with Crippen molar-refractivity contribution in [2.75, 3.05) is 0 Å². The maximum atomic E-state index is 12.1. The quantitative estimate of drug-likeness (QED) is 0.564. The number of carbonyl (C=O) groups excluding carboxylic acids is 1. The maximum absolute atomic E-state index is 12.1. The summed E-state index contributed by atoms with van der Waals surface area (Å²) >= 11 is 3.22. The fourth-order valence-electron chi connectivity index (χ4n) is 1.65. The summed E-state index contributed by atoms with van der Waals surface area (Å²) in [5, 5.41) is 2.83. The zero-order valence-electron chi connectivity index (χ0n) is 10.8. The highest BCUT2D eigenvalue weighted by atomic mass is 127. The van der Waals surface area contributed by atoms with Crippen LogP contribution in [0.3, 0.4) is 0 Å². The molecule has 21 heavy (non-hydrogen) atoms. The Balaban J connectivity index is 2.11. The molecule has 0 aliphatic carbocycles. The average molecular weight is 456 g/mol. The molecule has 2 rings (SSSR count). The van der Waals surface area contributed by atoms with E-state index in [1.807, 2.05) is 12.1 Å². The van der Waals surface area contributed by atoms with E-state index in [1.54, 1.807) is 25.1 Å². The van der Waals surface area contributed by atoms with Gasteiger partial charge in [-0.15, -0.1) is 11.3 Å². The van der Waals surface area contributed by atoms with Gasteiger partial charge >= 0.3 is 0 Å². The zero-order valence-corrected chi connectivity index (χ0v) is 15.4. The lowest BCUT2D eigenvalue weighted by atomic mass is 10.2. The van der Waals surface area contributed by atoms with Crippen molar-refractivity contribution in [1.82, 2.24) is 5.32 Å². The Morgan fingerprint density at radius 1 is 1.24 bits per heavy atom. The van der Waals surface area contributed by atoms with Crippen LogP contribution in [0.5, 0.6) is 0 Å². The lowest BCUT2D eigenvalue weighted by molar-refractivity contribution is 0.0940. The number of benzene rings is 1. The SMILES string of the molecule is CC(NC(=O)c1ccc(I)cc1)c1ccc(S(=O)(=O)Cl)s1. The summed E-state index contributed by atoms with van der Waals surface area (Å²) in [5.41, 5.74) is 0.559. The van der Waals surface area contributed by atoms with Crippen LogP contribution in [0.2, 0.25) is 0 Å². The third-order valence-corrected chi connectivity index (χ3v) is 6.80. The van der Waals surface area contributed by atoms with Crippen LogP contribution in [0.4, 0.5) is 0 Å². The van der Waals surface area contributed by atoms with Crippen LogP contribution < -0.4 is 5.32 Å². The van der Waals surface area contributed by atoms with Crippen molar-refractivity contribution >= 4 is 59.6 Å². The van der Waals surface area contributed by atoms with E-state index in [9.17, 15) is 13.2 Å². The van der Waals surface area contributed by atoms with E-state index < -0.39 is 9.05 Å². The van der Waals surface area contributed by atoms with Gasteiger partial charge in [0.05, 0.1) is 6.04 Å². The molecule has 1 N–H and O–H groups in total. The minimum atomic E-state index is -3.72. The molecular weight excluding hydrogens is 445 g/mol. The smallest absolute Gasteiger partial charge is 0.270 e. The third-order valence-electron chi connectivity index (χ3n) is 2.72. The minimum absolute atomic E-state index is 0.0783. The maximum Gasteiger partial charge on any atom is 0.270 e. The van der Waals surface area contributed by atoms with Crippen molar-refractivity contribution in [1.29, 1.82) is 0 Å². The highest BCUT2D eigenvalue weighted by molar-refractivity contribution is 14.1. The topological polar surface area (TPSA) is 63.2 Å². The Bertz CT molecular complexity index is 756. The van der Waals surface area contributed by atoms with Crippen LogP contribution in [0.15, 0.2) is 40.6 Å². The van der Waals surface area contributed by atoms with Crippen molar-refractivity contribution in [2.24, 2.45) is 0 Å². The van der Waals surface area contributed by atoms with Crippen LogP contribution >= 0.6 is 44.6 Å². The number of carbonyl (C=O) groups is 1. The first kappa shape index (κ1) is 16.7. The lowest BCUT2D eigenvalue weighted by Crippen LogP contribution is -2.26. The van der Waals surface area contributed by atoms with Crippen LogP contribution in [0.25, 0.3) is 0 Å². The van der Waals surface area contributed by atoms with Crippen LogP contribution in [-0.4, -0.2) is 14.3 Å². The van der Waals surface area contributed by atoms with Crippen molar-refractivity contribution in [3.63, 3.8) is 0 Å². The fraction of sp³-hybridized carbons (Fsp3) is 0.154. The molecule has 2 aromatic rings. The Morgan fingerprint density at radius 3 is 2.38 bits per heavy atom. The van der Waals surface area contributed by atoms with Crippen LogP contribution in [-0.2, 0) is 9.05 Å². The molecule has 1 aromatic carbocycles. The van der Waals surface area contributed by atoms with Gasteiger partial charge in [-0.1, -0.05) is 0 Å². The second-order valence-electron chi connectivity index (χ2n) is 4.30. The number of amides is 1. The first-order valence-electron chi connectivity index (χ1n) is 5.88. The molecule has 0 saturated heterocycles. The summed E-state index contributed by atoms with van der Waals surface area (Å²) in [6.45, 7) is 1.79. The van der Waals surface area contributed by atoms with Crippen LogP contribution in [0, 0.1) is 3.57 Å². The van der Waals surface area contributed by atoms with Crippen molar-refractivity contribution in [3.05, 3.63) is 50.4 Å². The first-order chi connectivity index (χ1) is 9.77. The Hall–Kier alpha value is -0.640. The van der Waals surface area contributed by atoms with Gasteiger partial charge in [0.2, 0.25) is 0 Å². The van der Waals surface area contributed by atoms with Gasteiger partial charge < -0.3 is 5.32 Å². The van der Waals surface area contributed by atoms with Gasteiger partial charge in [0.1, 0.15) is 4.21 Å². The van der Waals surface area contributed by atoms with E-state index in [-0.39, 0.29) is 16.2 Å². The van der Waals surface area contributed by atoms with E-state index >= 15 is 0 Å². The van der Waals surface area contributed by atoms with Gasteiger partial charge in [-0.3, -0.25) is 4.79 Å². The lowest BCUT2D eigenvalue weighted by Gasteiger charge is -2.12. The molecule has 1 amide bonds. The van der Waals surface area contributed by atoms with E-state index in [4.69, 9.17) is 10.7 Å². The van der Waals surface area contributed by atoms with Crippen molar-refractivity contribution < 1.29 is 13.2 Å².